The lowest BCUT2D eigenvalue weighted by Gasteiger charge is -2.06. The molecule has 2 aromatic rings. The zero-order valence-corrected chi connectivity index (χ0v) is 15.4. The number of rotatable bonds is 8. The SMILES string of the molecule is COCCOCCNC(=O)c1nn(-c2ccccc2)c2c1CCCCC2. The van der Waals surface area contributed by atoms with Gasteiger partial charge in [0.2, 0.25) is 0 Å². The summed E-state index contributed by atoms with van der Waals surface area (Å²) in [5.74, 6) is -0.117. The van der Waals surface area contributed by atoms with Crippen molar-refractivity contribution in [2.45, 2.75) is 32.1 Å². The molecular weight excluding hydrogens is 330 g/mol. The highest BCUT2D eigenvalue weighted by molar-refractivity contribution is 5.94. The molecule has 1 aliphatic rings. The van der Waals surface area contributed by atoms with E-state index in [4.69, 9.17) is 9.47 Å². The summed E-state index contributed by atoms with van der Waals surface area (Å²) in [6.45, 7) is 2.03. The molecule has 0 aliphatic heterocycles. The van der Waals surface area contributed by atoms with Gasteiger partial charge in [-0.15, -0.1) is 0 Å². The number of nitrogens with zero attached hydrogens (tertiary/aromatic N) is 2. The highest BCUT2D eigenvalue weighted by Crippen LogP contribution is 2.26. The third kappa shape index (κ3) is 4.51. The third-order valence-corrected chi connectivity index (χ3v) is 4.61. The van der Waals surface area contributed by atoms with E-state index in [9.17, 15) is 4.79 Å². The number of hydrogen-bond acceptors (Lipinski definition) is 4. The number of hydrogen-bond donors (Lipinski definition) is 1. The van der Waals surface area contributed by atoms with Gasteiger partial charge in [0.05, 0.1) is 25.5 Å². The number of carbonyl (C=O) groups excluding carboxylic acids is 1. The fourth-order valence-electron chi connectivity index (χ4n) is 3.31. The number of ether oxygens (including phenoxy) is 2. The summed E-state index contributed by atoms with van der Waals surface area (Å²) >= 11 is 0. The van der Waals surface area contributed by atoms with E-state index in [1.807, 2.05) is 35.0 Å². The Morgan fingerprint density at radius 1 is 1.12 bits per heavy atom. The Kier molecular flexibility index (Phi) is 6.80. The number of amides is 1. The van der Waals surface area contributed by atoms with Crippen LogP contribution in [-0.4, -0.2) is 49.2 Å². The third-order valence-electron chi connectivity index (χ3n) is 4.61. The number of fused-ring (bicyclic) bond motifs is 1. The molecule has 0 unspecified atom stereocenters. The van der Waals surface area contributed by atoms with Crippen LogP contribution in [0.1, 0.15) is 41.0 Å². The van der Waals surface area contributed by atoms with Crippen LogP contribution in [0, 0.1) is 0 Å². The summed E-state index contributed by atoms with van der Waals surface area (Å²) in [5.41, 5.74) is 3.84. The molecule has 6 nitrogen and oxygen atoms in total. The summed E-state index contributed by atoms with van der Waals surface area (Å²) < 4.78 is 12.3. The molecule has 26 heavy (non-hydrogen) atoms. The summed E-state index contributed by atoms with van der Waals surface area (Å²) in [5, 5.41) is 7.61. The minimum Gasteiger partial charge on any atom is -0.382 e. The zero-order valence-electron chi connectivity index (χ0n) is 15.4. The first kappa shape index (κ1) is 18.6. The van der Waals surface area contributed by atoms with Crippen molar-refractivity contribution in [3.8, 4) is 5.69 Å². The summed E-state index contributed by atoms with van der Waals surface area (Å²) in [4.78, 5) is 12.7. The first-order valence-corrected chi connectivity index (χ1v) is 9.32. The largest absolute Gasteiger partial charge is 0.382 e. The van der Waals surface area contributed by atoms with E-state index in [2.05, 4.69) is 10.4 Å². The van der Waals surface area contributed by atoms with Gasteiger partial charge in [-0.3, -0.25) is 4.79 Å². The van der Waals surface area contributed by atoms with Gasteiger partial charge >= 0.3 is 0 Å². The van der Waals surface area contributed by atoms with Gasteiger partial charge in [0.15, 0.2) is 5.69 Å². The summed E-state index contributed by atoms with van der Waals surface area (Å²) in [7, 11) is 1.64. The van der Waals surface area contributed by atoms with Crippen molar-refractivity contribution in [1.82, 2.24) is 15.1 Å². The Morgan fingerprint density at radius 2 is 1.92 bits per heavy atom. The molecule has 0 spiro atoms. The number of carbonyl (C=O) groups is 1. The molecule has 1 N–H and O–H groups in total. The number of para-hydroxylation sites is 1. The molecule has 0 saturated heterocycles. The van der Waals surface area contributed by atoms with E-state index in [0.717, 1.165) is 36.9 Å². The van der Waals surface area contributed by atoms with Gasteiger partial charge in [-0.05, 0) is 37.8 Å². The molecule has 140 valence electrons. The van der Waals surface area contributed by atoms with E-state index in [-0.39, 0.29) is 5.91 Å². The second-order valence-corrected chi connectivity index (χ2v) is 6.44. The van der Waals surface area contributed by atoms with Gasteiger partial charge in [-0.2, -0.15) is 5.10 Å². The number of benzene rings is 1. The molecule has 1 amide bonds. The van der Waals surface area contributed by atoms with Crippen LogP contribution in [0.4, 0.5) is 0 Å². The van der Waals surface area contributed by atoms with Crippen LogP contribution in [0.3, 0.4) is 0 Å². The maximum absolute atomic E-state index is 12.7. The van der Waals surface area contributed by atoms with Crippen LogP contribution in [0.5, 0.6) is 0 Å². The Hall–Kier alpha value is -2.18. The molecule has 1 aromatic heterocycles. The minimum absolute atomic E-state index is 0.117. The topological polar surface area (TPSA) is 65.4 Å². The molecule has 0 bridgehead atoms. The summed E-state index contributed by atoms with van der Waals surface area (Å²) in [6, 6.07) is 10.0. The standard InChI is InChI=1S/C20H27N3O3/c1-25-14-15-26-13-12-21-20(24)19-17-10-6-3-7-11-18(17)23(22-19)16-8-4-2-5-9-16/h2,4-5,8-9H,3,6-7,10-15H2,1H3,(H,21,24). The highest BCUT2D eigenvalue weighted by atomic mass is 16.5. The van der Waals surface area contributed by atoms with Gasteiger partial charge in [0.1, 0.15) is 0 Å². The zero-order chi connectivity index (χ0) is 18.2. The maximum Gasteiger partial charge on any atom is 0.272 e. The van der Waals surface area contributed by atoms with E-state index < -0.39 is 0 Å². The van der Waals surface area contributed by atoms with Crippen LogP contribution >= 0.6 is 0 Å². The first-order valence-electron chi connectivity index (χ1n) is 9.32. The van der Waals surface area contributed by atoms with Crippen LogP contribution < -0.4 is 5.32 Å². The Bertz CT molecular complexity index is 713. The molecule has 6 heteroatoms. The Labute approximate surface area is 154 Å². The molecule has 3 rings (SSSR count). The Morgan fingerprint density at radius 3 is 2.73 bits per heavy atom. The quantitative estimate of drug-likeness (QED) is 0.582. The maximum atomic E-state index is 12.7. The first-order chi connectivity index (χ1) is 12.8. The van der Waals surface area contributed by atoms with Gasteiger partial charge in [0.25, 0.3) is 5.91 Å². The van der Waals surface area contributed by atoms with Crippen LogP contribution in [-0.2, 0) is 22.3 Å². The monoisotopic (exact) mass is 357 g/mol. The second kappa shape index (κ2) is 9.50. The van der Waals surface area contributed by atoms with Crippen molar-refractivity contribution in [3.63, 3.8) is 0 Å². The average Bonchev–Trinajstić information content (AvgIpc) is 2.86. The van der Waals surface area contributed by atoms with Crippen LogP contribution in [0.2, 0.25) is 0 Å². The minimum atomic E-state index is -0.117. The molecule has 1 aromatic carbocycles. The molecule has 1 aliphatic carbocycles. The molecule has 1 heterocycles. The van der Waals surface area contributed by atoms with Gasteiger partial charge in [0, 0.05) is 24.9 Å². The van der Waals surface area contributed by atoms with E-state index >= 15 is 0 Å². The number of aromatic nitrogens is 2. The summed E-state index contributed by atoms with van der Waals surface area (Å²) in [6.07, 6.45) is 5.31. The molecule has 0 saturated carbocycles. The van der Waals surface area contributed by atoms with E-state index in [1.54, 1.807) is 7.11 Å². The normalized spacial score (nSPS) is 13.9. The smallest absolute Gasteiger partial charge is 0.272 e. The second-order valence-electron chi connectivity index (χ2n) is 6.44. The van der Waals surface area contributed by atoms with Crippen LogP contribution in [0.25, 0.3) is 5.69 Å². The van der Waals surface area contributed by atoms with Crippen molar-refractivity contribution < 1.29 is 14.3 Å². The van der Waals surface area contributed by atoms with Crippen molar-refractivity contribution in [3.05, 3.63) is 47.3 Å². The highest BCUT2D eigenvalue weighted by Gasteiger charge is 2.24. The fraction of sp³-hybridized carbons (Fsp3) is 0.500. The lowest BCUT2D eigenvalue weighted by atomic mass is 10.1. The lowest BCUT2D eigenvalue weighted by molar-refractivity contribution is 0.0691. The lowest BCUT2D eigenvalue weighted by Crippen LogP contribution is -2.28. The van der Waals surface area contributed by atoms with Crippen LogP contribution in [0.15, 0.2) is 30.3 Å². The predicted molar refractivity (Wildman–Crippen MR) is 99.9 cm³/mol. The van der Waals surface area contributed by atoms with Gasteiger partial charge < -0.3 is 14.8 Å². The Balaban J connectivity index is 1.74. The number of methoxy groups -OCH3 is 1. The average molecular weight is 357 g/mol. The van der Waals surface area contributed by atoms with Gasteiger partial charge in [-0.25, -0.2) is 4.68 Å². The fourth-order valence-corrected chi connectivity index (χ4v) is 3.31. The number of nitrogens with one attached hydrogen (secondary N) is 1. The van der Waals surface area contributed by atoms with Crippen molar-refractivity contribution in [2.75, 3.05) is 33.5 Å². The molecule has 0 fully saturated rings. The van der Waals surface area contributed by atoms with Crippen molar-refractivity contribution in [2.24, 2.45) is 0 Å². The predicted octanol–water partition coefficient (Wildman–Crippen LogP) is 2.53. The van der Waals surface area contributed by atoms with E-state index in [0.29, 0.717) is 32.1 Å². The van der Waals surface area contributed by atoms with Crippen molar-refractivity contribution >= 4 is 5.91 Å². The molecular formula is C20H27N3O3. The van der Waals surface area contributed by atoms with E-state index in [1.165, 1.54) is 12.1 Å². The molecule has 0 radical (unpaired) electrons. The molecule has 0 atom stereocenters. The van der Waals surface area contributed by atoms with Crippen molar-refractivity contribution in [1.29, 1.82) is 0 Å². The van der Waals surface area contributed by atoms with Gasteiger partial charge in [-0.1, -0.05) is 24.6 Å².